The zero-order valence-electron chi connectivity index (χ0n) is 16.5. The molecule has 0 bridgehead atoms. The molecule has 0 aromatic heterocycles. The van der Waals surface area contributed by atoms with Gasteiger partial charge in [0, 0.05) is 18.5 Å². The van der Waals surface area contributed by atoms with E-state index in [1.165, 1.54) is 0 Å². The Morgan fingerprint density at radius 2 is 1.48 bits per heavy atom. The van der Waals surface area contributed by atoms with Crippen molar-refractivity contribution in [3.05, 3.63) is 95.1 Å². The van der Waals surface area contributed by atoms with Gasteiger partial charge in [-0.25, -0.2) is 13.6 Å². The number of carbonyl (C=O) groups excluding carboxylic acids is 1. The van der Waals surface area contributed by atoms with Gasteiger partial charge in [0.2, 0.25) is 0 Å². The fraction of sp³-hybridized carbons (Fsp3) is 0.208. The number of ether oxygens (including phenoxy) is 1. The lowest BCUT2D eigenvalue weighted by Gasteiger charge is -2.19. The summed E-state index contributed by atoms with van der Waals surface area (Å²) in [4.78, 5) is 12.1. The molecule has 0 saturated heterocycles. The first kappa shape index (κ1) is 21.0. The maximum atomic E-state index is 13.3. The van der Waals surface area contributed by atoms with Crippen LogP contribution in [-0.2, 0) is 4.74 Å². The number of carbonyl (C=O) groups is 1. The summed E-state index contributed by atoms with van der Waals surface area (Å²) < 4.78 is 32.0. The van der Waals surface area contributed by atoms with E-state index in [1.807, 2.05) is 48.5 Å². The van der Waals surface area contributed by atoms with Crippen molar-refractivity contribution in [2.24, 2.45) is 0 Å². The Hall–Kier alpha value is -3.29. The van der Waals surface area contributed by atoms with Crippen molar-refractivity contribution in [1.29, 1.82) is 0 Å². The molecule has 0 fully saturated rings. The minimum Gasteiger partial charge on any atom is -0.449 e. The number of halogens is 2. The monoisotopic (exact) mass is 425 g/mol. The third-order valence-corrected chi connectivity index (χ3v) is 5.39. The summed E-state index contributed by atoms with van der Waals surface area (Å²) in [5.41, 5.74) is 4.22. The molecule has 4 rings (SSSR count). The van der Waals surface area contributed by atoms with Crippen molar-refractivity contribution in [2.45, 2.75) is 18.1 Å². The van der Waals surface area contributed by atoms with E-state index in [2.05, 4.69) is 5.32 Å². The summed E-state index contributed by atoms with van der Waals surface area (Å²) in [7, 11) is 0. The molecule has 0 spiro atoms. The van der Waals surface area contributed by atoms with E-state index in [1.54, 1.807) is 0 Å². The maximum absolute atomic E-state index is 13.3. The van der Waals surface area contributed by atoms with Crippen LogP contribution in [0.1, 0.15) is 28.7 Å². The molecule has 31 heavy (non-hydrogen) atoms. The first-order valence-corrected chi connectivity index (χ1v) is 9.85. The van der Waals surface area contributed by atoms with E-state index in [-0.39, 0.29) is 24.6 Å². The van der Waals surface area contributed by atoms with E-state index in [0.29, 0.717) is 6.07 Å². The summed E-state index contributed by atoms with van der Waals surface area (Å²) >= 11 is 0. The lowest BCUT2D eigenvalue weighted by atomic mass is 9.98. The number of hydrogen-bond donors (Lipinski definition) is 3. The van der Waals surface area contributed by atoms with Gasteiger partial charge in [0.05, 0.1) is 0 Å². The predicted molar refractivity (Wildman–Crippen MR) is 110 cm³/mol. The third-order valence-electron chi connectivity index (χ3n) is 5.39. The van der Waals surface area contributed by atoms with Crippen LogP contribution in [0.2, 0.25) is 0 Å². The van der Waals surface area contributed by atoms with E-state index >= 15 is 0 Å². The van der Waals surface area contributed by atoms with Gasteiger partial charge >= 0.3 is 6.09 Å². The number of aliphatic hydroxyl groups is 2. The van der Waals surface area contributed by atoms with Gasteiger partial charge in [-0.15, -0.1) is 0 Å². The summed E-state index contributed by atoms with van der Waals surface area (Å²) in [6, 6.07) is 18.4. The number of amides is 1. The van der Waals surface area contributed by atoms with Crippen molar-refractivity contribution < 1.29 is 28.5 Å². The topological polar surface area (TPSA) is 78.8 Å². The molecule has 7 heteroatoms. The van der Waals surface area contributed by atoms with Crippen LogP contribution in [0.15, 0.2) is 66.7 Å². The molecular weight excluding hydrogens is 404 g/mol. The van der Waals surface area contributed by atoms with Gasteiger partial charge in [-0.1, -0.05) is 48.5 Å². The number of fused-ring (bicyclic) bond motifs is 3. The first-order valence-electron chi connectivity index (χ1n) is 9.85. The van der Waals surface area contributed by atoms with Gasteiger partial charge in [0.1, 0.15) is 30.4 Å². The number of rotatable bonds is 6. The van der Waals surface area contributed by atoms with Crippen molar-refractivity contribution in [2.75, 3.05) is 13.2 Å². The lowest BCUT2D eigenvalue weighted by Crippen LogP contribution is -2.36. The Kier molecular flexibility index (Phi) is 5.97. The zero-order valence-corrected chi connectivity index (χ0v) is 16.5. The summed E-state index contributed by atoms with van der Waals surface area (Å²) in [5, 5.41) is 22.5. The maximum Gasteiger partial charge on any atom is 0.407 e. The van der Waals surface area contributed by atoms with Gasteiger partial charge < -0.3 is 20.3 Å². The minimum absolute atomic E-state index is 0.105. The van der Waals surface area contributed by atoms with Gasteiger partial charge in [0.15, 0.2) is 0 Å². The number of alkyl carbamates (subject to hydrolysis) is 1. The molecule has 0 aliphatic heterocycles. The summed E-state index contributed by atoms with van der Waals surface area (Å²) in [6.45, 7) is -0.246. The van der Waals surface area contributed by atoms with Gasteiger partial charge in [-0.2, -0.15) is 0 Å². The van der Waals surface area contributed by atoms with Crippen LogP contribution in [-0.4, -0.2) is 35.6 Å². The molecule has 1 aliphatic rings. The fourth-order valence-electron chi connectivity index (χ4n) is 3.92. The minimum atomic E-state index is -1.57. The van der Waals surface area contributed by atoms with Crippen molar-refractivity contribution in [3.63, 3.8) is 0 Å². The molecule has 3 aromatic carbocycles. The quantitative estimate of drug-likeness (QED) is 0.560. The Bertz CT molecular complexity index is 1040. The Morgan fingerprint density at radius 1 is 0.935 bits per heavy atom. The molecule has 2 unspecified atom stereocenters. The Labute approximate surface area is 177 Å². The van der Waals surface area contributed by atoms with E-state index < -0.39 is 29.9 Å². The number of benzene rings is 3. The third kappa shape index (κ3) is 4.42. The van der Waals surface area contributed by atoms with Crippen molar-refractivity contribution in [3.8, 4) is 11.1 Å². The van der Waals surface area contributed by atoms with Crippen LogP contribution >= 0.6 is 0 Å². The SMILES string of the molecule is O=C(NCC(O)C(O)c1cc(F)cc(F)c1)OCC1c2ccccc2-c2ccccc21. The second kappa shape index (κ2) is 8.83. The standard InChI is InChI=1S/C24H21F2NO4/c25-15-9-14(10-16(26)11-15)23(29)22(28)12-27-24(30)31-13-21-19-7-3-1-5-17(19)18-6-2-4-8-20(18)21/h1-11,21-23,28-29H,12-13H2,(H,27,30). The Balaban J connectivity index is 1.35. The highest BCUT2D eigenvalue weighted by molar-refractivity contribution is 5.79. The van der Waals surface area contributed by atoms with Crippen molar-refractivity contribution in [1.82, 2.24) is 5.32 Å². The normalized spacial score (nSPS) is 14.5. The number of hydrogen-bond acceptors (Lipinski definition) is 4. The van der Waals surface area contributed by atoms with Gasteiger partial charge in [-0.3, -0.25) is 0 Å². The zero-order chi connectivity index (χ0) is 22.0. The lowest BCUT2D eigenvalue weighted by molar-refractivity contribution is 0.0182. The number of aliphatic hydroxyl groups excluding tert-OH is 2. The first-order chi connectivity index (χ1) is 14.9. The largest absolute Gasteiger partial charge is 0.449 e. The van der Waals surface area contributed by atoms with Crippen LogP contribution in [0.3, 0.4) is 0 Å². The second-order valence-electron chi connectivity index (χ2n) is 7.42. The Morgan fingerprint density at radius 3 is 2.06 bits per heavy atom. The van der Waals surface area contributed by atoms with Gasteiger partial charge in [-0.05, 0) is 39.9 Å². The molecule has 5 nitrogen and oxygen atoms in total. The van der Waals surface area contributed by atoms with Crippen LogP contribution in [0, 0.1) is 11.6 Å². The smallest absolute Gasteiger partial charge is 0.407 e. The fourth-order valence-corrected chi connectivity index (χ4v) is 3.92. The molecular formula is C24H21F2NO4. The summed E-state index contributed by atoms with van der Waals surface area (Å²) in [5.74, 6) is -1.85. The average Bonchev–Trinajstić information content (AvgIpc) is 3.08. The van der Waals surface area contributed by atoms with Crippen LogP contribution < -0.4 is 5.32 Å². The molecule has 0 radical (unpaired) electrons. The summed E-state index contributed by atoms with van der Waals surface area (Å²) in [6.07, 6.45) is -3.81. The molecule has 1 aliphatic carbocycles. The second-order valence-corrected chi connectivity index (χ2v) is 7.42. The highest BCUT2D eigenvalue weighted by Crippen LogP contribution is 2.44. The van der Waals surface area contributed by atoms with Crippen LogP contribution in [0.5, 0.6) is 0 Å². The van der Waals surface area contributed by atoms with Gasteiger partial charge in [0.25, 0.3) is 0 Å². The molecule has 0 saturated carbocycles. The molecule has 2 atom stereocenters. The predicted octanol–water partition coefficient (Wildman–Crippen LogP) is 3.90. The highest BCUT2D eigenvalue weighted by Gasteiger charge is 2.29. The van der Waals surface area contributed by atoms with Crippen molar-refractivity contribution >= 4 is 6.09 Å². The van der Waals surface area contributed by atoms with E-state index in [4.69, 9.17) is 4.74 Å². The molecule has 0 heterocycles. The van der Waals surface area contributed by atoms with E-state index in [9.17, 15) is 23.8 Å². The van der Waals surface area contributed by atoms with E-state index in [0.717, 1.165) is 34.4 Å². The highest BCUT2D eigenvalue weighted by atomic mass is 19.1. The average molecular weight is 425 g/mol. The van der Waals surface area contributed by atoms with Crippen LogP contribution in [0.25, 0.3) is 11.1 Å². The number of nitrogens with one attached hydrogen (secondary N) is 1. The van der Waals surface area contributed by atoms with Crippen LogP contribution in [0.4, 0.5) is 13.6 Å². The molecule has 3 aromatic rings. The molecule has 1 amide bonds. The molecule has 3 N–H and O–H groups in total. The molecule has 160 valence electrons.